The van der Waals surface area contributed by atoms with Gasteiger partial charge in [0.25, 0.3) is 0 Å². The van der Waals surface area contributed by atoms with Crippen molar-refractivity contribution in [3.63, 3.8) is 0 Å². The highest BCUT2D eigenvalue weighted by Gasteiger charge is 2.21. The lowest BCUT2D eigenvalue weighted by atomic mass is 9.88. The largest absolute Gasteiger partial charge is 0.507 e. The zero-order chi connectivity index (χ0) is 13.3. The van der Waals surface area contributed by atoms with E-state index in [1.807, 2.05) is 6.07 Å². The van der Waals surface area contributed by atoms with E-state index in [1.54, 1.807) is 6.07 Å². The van der Waals surface area contributed by atoms with Crippen molar-refractivity contribution in [1.82, 2.24) is 5.32 Å². The fourth-order valence-corrected chi connectivity index (χ4v) is 1.68. The zero-order valence-electron chi connectivity index (χ0n) is 11.4. The Hall–Kier alpha value is -1.42. The molecule has 1 aliphatic rings. The van der Waals surface area contributed by atoms with E-state index in [4.69, 9.17) is 9.47 Å². The molecule has 1 heterocycles. The number of aromatic hydroxyl groups is 1. The summed E-state index contributed by atoms with van der Waals surface area (Å²) in [7, 11) is 0. The molecule has 0 bridgehead atoms. The highest BCUT2D eigenvalue weighted by molar-refractivity contribution is 5.51. The standard InChI is InChI=1S/C14H21NO3/c1-9(14(2,3)4)15-7-10-5-12-13(6-11(10)16)18-8-17-12/h5-6,9,15-16H,7-8H2,1-4H3. The molecule has 1 aromatic rings. The lowest BCUT2D eigenvalue weighted by Gasteiger charge is -2.28. The Morgan fingerprint density at radius 1 is 1.28 bits per heavy atom. The van der Waals surface area contributed by atoms with E-state index in [0.29, 0.717) is 24.1 Å². The van der Waals surface area contributed by atoms with Crippen molar-refractivity contribution in [2.75, 3.05) is 6.79 Å². The molecule has 0 saturated heterocycles. The molecule has 1 unspecified atom stereocenters. The quantitative estimate of drug-likeness (QED) is 0.867. The molecule has 0 spiro atoms. The van der Waals surface area contributed by atoms with Gasteiger partial charge in [-0.15, -0.1) is 0 Å². The predicted molar refractivity (Wildman–Crippen MR) is 70.0 cm³/mol. The molecule has 0 saturated carbocycles. The van der Waals surface area contributed by atoms with Gasteiger partial charge in [0.15, 0.2) is 11.5 Å². The molecule has 1 atom stereocenters. The van der Waals surface area contributed by atoms with Crippen LogP contribution in [0.15, 0.2) is 12.1 Å². The molecular formula is C14H21NO3. The molecule has 0 aromatic heterocycles. The molecule has 4 nitrogen and oxygen atoms in total. The normalized spacial score (nSPS) is 15.8. The number of hydrogen-bond acceptors (Lipinski definition) is 4. The van der Waals surface area contributed by atoms with Crippen molar-refractivity contribution < 1.29 is 14.6 Å². The van der Waals surface area contributed by atoms with Crippen LogP contribution >= 0.6 is 0 Å². The van der Waals surface area contributed by atoms with Crippen molar-refractivity contribution in [2.24, 2.45) is 5.41 Å². The molecule has 1 aliphatic heterocycles. The van der Waals surface area contributed by atoms with E-state index in [0.717, 1.165) is 5.56 Å². The van der Waals surface area contributed by atoms with Crippen molar-refractivity contribution in [3.05, 3.63) is 17.7 Å². The summed E-state index contributed by atoms with van der Waals surface area (Å²) in [4.78, 5) is 0. The van der Waals surface area contributed by atoms with Gasteiger partial charge in [-0.05, 0) is 18.4 Å². The van der Waals surface area contributed by atoms with Crippen LogP contribution in [0, 0.1) is 5.41 Å². The first-order chi connectivity index (χ1) is 8.38. The fourth-order valence-electron chi connectivity index (χ4n) is 1.68. The van der Waals surface area contributed by atoms with Crippen molar-refractivity contribution in [1.29, 1.82) is 0 Å². The maximum atomic E-state index is 9.91. The minimum Gasteiger partial charge on any atom is -0.507 e. The average Bonchev–Trinajstić information content (AvgIpc) is 2.70. The van der Waals surface area contributed by atoms with Crippen LogP contribution in [-0.4, -0.2) is 17.9 Å². The monoisotopic (exact) mass is 251 g/mol. The van der Waals surface area contributed by atoms with Gasteiger partial charge in [0.05, 0.1) is 0 Å². The van der Waals surface area contributed by atoms with Gasteiger partial charge in [0, 0.05) is 24.2 Å². The average molecular weight is 251 g/mol. The summed E-state index contributed by atoms with van der Waals surface area (Å²) < 4.78 is 10.5. The van der Waals surface area contributed by atoms with E-state index >= 15 is 0 Å². The third kappa shape index (κ3) is 2.70. The molecule has 1 aromatic carbocycles. The molecule has 0 radical (unpaired) electrons. The van der Waals surface area contributed by atoms with Crippen LogP contribution in [0.3, 0.4) is 0 Å². The van der Waals surface area contributed by atoms with Gasteiger partial charge in [0.2, 0.25) is 6.79 Å². The number of phenolic OH excluding ortho intramolecular Hbond substituents is 1. The van der Waals surface area contributed by atoms with Crippen LogP contribution in [0.5, 0.6) is 17.2 Å². The van der Waals surface area contributed by atoms with Crippen LogP contribution in [0.4, 0.5) is 0 Å². The van der Waals surface area contributed by atoms with Gasteiger partial charge in [-0.2, -0.15) is 0 Å². The van der Waals surface area contributed by atoms with Crippen molar-refractivity contribution in [2.45, 2.75) is 40.3 Å². The van der Waals surface area contributed by atoms with E-state index in [9.17, 15) is 5.11 Å². The van der Waals surface area contributed by atoms with Gasteiger partial charge in [-0.1, -0.05) is 20.8 Å². The summed E-state index contributed by atoms with van der Waals surface area (Å²) in [5, 5.41) is 13.3. The van der Waals surface area contributed by atoms with Crippen LogP contribution in [0.25, 0.3) is 0 Å². The third-order valence-electron chi connectivity index (χ3n) is 3.47. The van der Waals surface area contributed by atoms with Gasteiger partial charge >= 0.3 is 0 Å². The number of nitrogens with one attached hydrogen (secondary N) is 1. The Morgan fingerprint density at radius 2 is 1.89 bits per heavy atom. The second kappa shape index (κ2) is 4.69. The SMILES string of the molecule is CC(NCc1cc2c(cc1O)OCO2)C(C)(C)C. The van der Waals surface area contributed by atoms with E-state index in [2.05, 4.69) is 33.0 Å². The van der Waals surface area contributed by atoms with Crippen LogP contribution in [0.2, 0.25) is 0 Å². The molecule has 0 aliphatic carbocycles. The van der Waals surface area contributed by atoms with Crippen LogP contribution in [0.1, 0.15) is 33.3 Å². The van der Waals surface area contributed by atoms with E-state index in [-0.39, 0.29) is 18.0 Å². The number of benzene rings is 1. The summed E-state index contributed by atoms with van der Waals surface area (Å²) in [6.07, 6.45) is 0. The molecule has 2 N–H and O–H groups in total. The highest BCUT2D eigenvalue weighted by atomic mass is 16.7. The number of ether oxygens (including phenoxy) is 2. The molecule has 18 heavy (non-hydrogen) atoms. The van der Waals surface area contributed by atoms with E-state index in [1.165, 1.54) is 0 Å². The third-order valence-corrected chi connectivity index (χ3v) is 3.47. The molecule has 0 fully saturated rings. The summed E-state index contributed by atoms with van der Waals surface area (Å²) in [6.45, 7) is 9.54. The smallest absolute Gasteiger partial charge is 0.231 e. The number of fused-ring (bicyclic) bond motifs is 1. The second-order valence-electron chi connectivity index (χ2n) is 5.80. The summed E-state index contributed by atoms with van der Waals surface area (Å²) in [5.74, 6) is 1.56. The first-order valence-corrected chi connectivity index (χ1v) is 6.23. The first-order valence-electron chi connectivity index (χ1n) is 6.23. The van der Waals surface area contributed by atoms with Gasteiger partial charge in [0.1, 0.15) is 5.75 Å². The summed E-state index contributed by atoms with van der Waals surface area (Å²) in [6, 6.07) is 3.79. The van der Waals surface area contributed by atoms with Gasteiger partial charge < -0.3 is 19.9 Å². The molecule has 2 rings (SSSR count). The van der Waals surface area contributed by atoms with Crippen molar-refractivity contribution >= 4 is 0 Å². The Balaban J connectivity index is 2.06. The Bertz CT molecular complexity index is 437. The minimum atomic E-state index is 0.186. The fraction of sp³-hybridized carbons (Fsp3) is 0.571. The Labute approximate surface area is 108 Å². The Kier molecular flexibility index (Phi) is 3.39. The van der Waals surface area contributed by atoms with Crippen LogP contribution in [-0.2, 0) is 6.54 Å². The molecule has 4 heteroatoms. The second-order valence-corrected chi connectivity index (χ2v) is 5.80. The minimum absolute atomic E-state index is 0.186. The van der Waals surface area contributed by atoms with Gasteiger partial charge in [-0.3, -0.25) is 0 Å². The first kappa shape index (κ1) is 13.0. The summed E-state index contributed by atoms with van der Waals surface area (Å²) in [5.41, 5.74) is 1.02. The number of hydrogen-bond donors (Lipinski definition) is 2. The maximum absolute atomic E-state index is 9.91. The van der Waals surface area contributed by atoms with E-state index < -0.39 is 0 Å². The highest BCUT2D eigenvalue weighted by Crippen LogP contribution is 2.37. The topological polar surface area (TPSA) is 50.7 Å². The number of rotatable bonds is 3. The Morgan fingerprint density at radius 3 is 2.50 bits per heavy atom. The lowest BCUT2D eigenvalue weighted by molar-refractivity contribution is 0.174. The van der Waals surface area contributed by atoms with Crippen LogP contribution < -0.4 is 14.8 Å². The molecule has 0 amide bonds. The zero-order valence-corrected chi connectivity index (χ0v) is 11.4. The summed E-state index contributed by atoms with van der Waals surface area (Å²) >= 11 is 0. The predicted octanol–water partition coefficient (Wildman–Crippen LogP) is 2.65. The lowest BCUT2D eigenvalue weighted by Crippen LogP contribution is -2.37. The maximum Gasteiger partial charge on any atom is 0.231 e. The molecule has 100 valence electrons. The van der Waals surface area contributed by atoms with Crippen molar-refractivity contribution in [3.8, 4) is 17.2 Å². The molecular weight excluding hydrogens is 230 g/mol. The number of phenols is 1. The van der Waals surface area contributed by atoms with Gasteiger partial charge in [-0.25, -0.2) is 0 Å².